The van der Waals surface area contributed by atoms with Crippen LogP contribution < -0.4 is 0 Å². The van der Waals surface area contributed by atoms with E-state index in [1.807, 2.05) is 0 Å². The van der Waals surface area contributed by atoms with E-state index in [4.69, 9.17) is 10.0 Å². The van der Waals surface area contributed by atoms with E-state index in [1.165, 1.54) is 0 Å². The van der Waals surface area contributed by atoms with Gasteiger partial charge in [0.05, 0.1) is 0 Å². The lowest BCUT2D eigenvalue weighted by Crippen LogP contribution is -2.03. The minimum absolute atomic E-state index is 0.00154. The molecule has 0 aliphatic rings. The second-order valence-corrected chi connectivity index (χ2v) is 2.70. The average molecular weight is 123 g/mol. The third-order valence-electron chi connectivity index (χ3n) is 0.267. The summed E-state index contributed by atoms with van der Waals surface area (Å²) >= 11 is -0.860. The lowest BCUT2D eigenvalue weighted by atomic mass is 11.5. The van der Waals surface area contributed by atoms with Crippen LogP contribution in [0, 0.1) is 10.1 Å². The van der Waals surface area contributed by atoms with E-state index in [-0.39, 0.29) is 10.3 Å². The predicted octanol–water partition coefficient (Wildman–Crippen LogP) is -0.189. The third kappa shape index (κ3) is 4.22. The quantitative estimate of drug-likeness (QED) is 0.290. The lowest BCUT2D eigenvalue weighted by Gasteiger charge is -1.77. The molecule has 0 unspecified atom stereocenters. The molecule has 0 aliphatic carbocycles. The summed E-state index contributed by atoms with van der Waals surface area (Å²) in [6.45, 7) is 0. The van der Waals surface area contributed by atoms with Crippen LogP contribution in [-0.4, -0.2) is 24.6 Å². The van der Waals surface area contributed by atoms with Gasteiger partial charge in [0.1, 0.15) is 0 Å². The van der Waals surface area contributed by atoms with E-state index >= 15 is 0 Å². The first kappa shape index (κ1) is 6.22. The largest absolute Gasteiger partial charge is 0.480 e. The van der Waals surface area contributed by atoms with E-state index < -0.39 is 14.3 Å². The molecular formula is CH3AlClNO2. The first-order chi connectivity index (χ1) is 2.77. The van der Waals surface area contributed by atoms with Crippen molar-refractivity contribution in [2.24, 2.45) is 0 Å². The van der Waals surface area contributed by atoms with Crippen molar-refractivity contribution in [1.29, 1.82) is 0 Å². The Morgan fingerprint density at radius 3 is 2.50 bits per heavy atom. The van der Waals surface area contributed by atoms with Crippen molar-refractivity contribution in [3.8, 4) is 0 Å². The van der Waals surface area contributed by atoms with E-state index in [9.17, 15) is 10.1 Å². The highest BCUT2D eigenvalue weighted by Gasteiger charge is 1.94. The Hall–Kier alpha value is 0.222. The molecule has 3 nitrogen and oxygen atoms in total. The second kappa shape index (κ2) is 3.41. The minimum atomic E-state index is -0.860. The zero-order chi connectivity index (χ0) is 4.99. The molecule has 6 heavy (non-hydrogen) atoms. The van der Waals surface area contributed by atoms with Gasteiger partial charge in [-0.15, -0.1) is 0 Å². The summed E-state index contributed by atoms with van der Waals surface area (Å²) < 4.78 is 0. The molecule has 0 amide bonds. The summed E-state index contributed by atoms with van der Waals surface area (Å²) in [5.41, 5.74) is 0. The summed E-state index contributed by atoms with van der Waals surface area (Å²) in [7, 11) is 5.09. The molecule has 34 valence electrons. The number of hydrogen-bond donors (Lipinski definition) is 0. The standard InChI is InChI=1S/CH2NO2.Al.ClH.H/c1-2(3)4;;;/h1H2;;1H;/q;+1;;/p-1. The average Bonchev–Trinajstić information content (AvgIpc) is 1.35. The molecule has 0 aromatic heterocycles. The normalized spacial score (nSPS) is 7.50. The Morgan fingerprint density at radius 1 is 2.00 bits per heavy atom. The van der Waals surface area contributed by atoms with Crippen LogP contribution in [0.1, 0.15) is 0 Å². The first-order valence-electron chi connectivity index (χ1n) is 1.45. The molecule has 0 fully saturated rings. The number of halogens is 1. The predicted molar refractivity (Wildman–Crippen MR) is 24.9 cm³/mol. The lowest BCUT2D eigenvalue weighted by molar-refractivity contribution is -0.459. The molecule has 0 aromatic carbocycles. The van der Waals surface area contributed by atoms with Crippen LogP contribution >= 0.6 is 10.0 Å². The van der Waals surface area contributed by atoms with Gasteiger partial charge in [-0.05, 0) is 0 Å². The maximum Gasteiger partial charge on any atom is 0.480 e. The van der Waals surface area contributed by atoms with Crippen molar-refractivity contribution in [2.45, 2.75) is 0 Å². The summed E-state index contributed by atoms with van der Waals surface area (Å²) in [5.74, 6) is 0. The highest BCUT2D eigenvalue weighted by atomic mass is 35.6. The van der Waals surface area contributed by atoms with Crippen LogP contribution in [0.5, 0.6) is 0 Å². The molecule has 0 radical (unpaired) electrons. The molecule has 5 heteroatoms. The van der Waals surface area contributed by atoms with E-state index in [0.717, 1.165) is 0 Å². The monoisotopic (exact) mass is 123 g/mol. The van der Waals surface area contributed by atoms with Crippen molar-refractivity contribution in [3.63, 3.8) is 0 Å². The van der Waals surface area contributed by atoms with Gasteiger partial charge in [0, 0.05) is 4.92 Å². The Balaban J connectivity index is 2.83. The maximum atomic E-state index is 9.36. The van der Waals surface area contributed by atoms with Crippen molar-refractivity contribution in [2.75, 3.05) is 5.41 Å². The summed E-state index contributed by atoms with van der Waals surface area (Å²) in [5, 5.41) is 9.36. The van der Waals surface area contributed by atoms with Gasteiger partial charge in [-0.3, -0.25) is 20.2 Å². The molecule has 0 saturated heterocycles. The summed E-state index contributed by atoms with van der Waals surface area (Å²) in [6, 6.07) is 0. The van der Waals surface area contributed by atoms with E-state index in [1.54, 1.807) is 0 Å². The topological polar surface area (TPSA) is 43.1 Å². The van der Waals surface area contributed by atoms with Crippen molar-refractivity contribution >= 4 is 24.3 Å². The van der Waals surface area contributed by atoms with Crippen molar-refractivity contribution in [1.82, 2.24) is 0 Å². The number of rotatable bonds is 2. The summed E-state index contributed by atoms with van der Waals surface area (Å²) in [4.78, 5) is 8.97. The molecule has 0 rings (SSSR count). The molecule has 0 atom stereocenters. The molecule has 0 N–H and O–H groups in total. The van der Waals surface area contributed by atoms with Crippen LogP contribution in [0.2, 0.25) is 0 Å². The molecular weight excluding hydrogens is 120 g/mol. The second-order valence-electron chi connectivity index (χ2n) is 0.745. The van der Waals surface area contributed by atoms with Crippen LogP contribution in [0.25, 0.3) is 0 Å². The zero-order valence-corrected chi connectivity index (χ0v) is 5.23. The SMILES string of the molecule is O=[N+]([O-])[CH2][AlH][Cl]. The third-order valence-corrected chi connectivity index (χ3v) is 1.31. The minimum Gasteiger partial charge on any atom is -0.266 e. The smallest absolute Gasteiger partial charge is 0.266 e. The van der Waals surface area contributed by atoms with Crippen LogP contribution in [-0.2, 0) is 0 Å². The fraction of sp³-hybridized carbons (Fsp3) is 1.00. The van der Waals surface area contributed by atoms with Gasteiger partial charge in [0.25, 0.3) is 0 Å². The number of nitrogens with zero attached hydrogens (tertiary/aromatic N) is 1. The Labute approximate surface area is 45.4 Å². The fourth-order valence-corrected chi connectivity index (χ4v) is 0.621. The first-order valence-corrected chi connectivity index (χ1v) is 4.59. The number of hydrogen-bond acceptors (Lipinski definition) is 2. The van der Waals surface area contributed by atoms with Gasteiger partial charge in [-0.2, -0.15) is 0 Å². The van der Waals surface area contributed by atoms with Crippen LogP contribution in [0.15, 0.2) is 0 Å². The summed E-state index contributed by atoms with van der Waals surface area (Å²) in [6.07, 6.45) is 0. The van der Waals surface area contributed by atoms with Gasteiger partial charge >= 0.3 is 14.3 Å². The number of nitro groups is 1. The van der Waals surface area contributed by atoms with Crippen molar-refractivity contribution in [3.05, 3.63) is 10.1 Å². The molecule has 0 bridgehead atoms. The van der Waals surface area contributed by atoms with E-state index in [0.29, 0.717) is 0 Å². The van der Waals surface area contributed by atoms with Crippen molar-refractivity contribution < 1.29 is 4.92 Å². The van der Waals surface area contributed by atoms with Gasteiger partial charge < -0.3 is 0 Å². The van der Waals surface area contributed by atoms with Crippen LogP contribution in [0.3, 0.4) is 0 Å². The zero-order valence-electron chi connectivity index (χ0n) is 3.06. The maximum absolute atomic E-state index is 9.36. The molecule has 0 heterocycles. The molecule has 0 aliphatic heterocycles. The van der Waals surface area contributed by atoms with Gasteiger partial charge in [-0.1, -0.05) is 0 Å². The molecule has 0 spiro atoms. The highest BCUT2D eigenvalue weighted by molar-refractivity contribution is 6.93. The van der Waals surface area contributed by atoms with Gasteiger partial charge in [0.15, 0.2) is 5.41 Å². The highest BCUT2D eigenvalue weighted by Crippen LogP contribution is 1.68. The fourth-order valence-electron chi connectivity index (χ4n) is 0.0690. The Kier molecular flexibility index (Phi) is 3.54. The van der Waals surface area contributed by atoms with Crippen LogP contribution in [0.4, 0.5) is 0 Å². The van der Waals surface area contributed by atoms with Gasteiger partial charge in [0.2, 0.25) is 0 Å². The Morgan fingerprint density at radius 2 is 2.50 bits per heavy atom. The molecule has 0 aromatic rings. The Bertz CT molecular complexity index is 57.5. The van der Waals surface area contributed by atoms with E-state index in [2.05, 4.69) is 0 Å². The van der Waals surface area contributed by atoms with Gasteiger partial charge in [-0.25, -0.2) is 0 Å². The molecule has 0 saturated carbocycles.